The molecule has 7 heteroatoms. The number of benzene rings is 2. The molecule has 0 fully saturated rings. The summed E-state index contributed by atoms with van der Waals surface area (Å²) < 4.78 is 27.9. The first-order valence-corrected chi connectivity index (χ1v) is 9.22. The van der Waals surface area contributed by atoms with E-state index in [0.717, 1.165) is 22.2 Å². The van der Waals surface area contributed by atoms with Crippen LogP contribution in [0.2, 0.25) is 0 Å². The highest BCUT2D eigenvalue weighted by Gasteiger charge is 2.25. The van der Waals surface area contributed by atoms with E-state index in [9.17, 15) is 4.79 Å². The van der Waals surface area contributed by atoms with Crippen LogP contribution in [0.5, 0.6) is 23.0 Å². The number of ether oxygens (including phenoxy) is 4. The van der Waals surface area contributed by atoms with Crippen molar-refractivity contribution in [3.05, 3.63) is 51.4 Å². The Bertz CT molecular complexity index is 1130. The monoisotopic (exact) mass is 397 g/mol. The second-order valence-electron chi connectivity index (χ2n) is 6.91. The molecule has 2 aromatic carbocycles. The van der Waals surface area contributed by atoms with Crippen molar-refractivity contribution in [2.45, 2.75) is 20.4 Å². The van der Waals surface area contributed by atoms with E-state index < -0.39 is 0 Å². The number of hydrogen-bond donors (Lipinski definition) is 0. The first-order chi connectivity index (χ1) is 14.0. The lowest BCUT2D eigenvalue weighted by molar-refractivity contribution is 0.288. The maximum absolute atomic E-state index is 12.3. The van der Waals surface area contributed by atoms with Crippen molar-refractivity contribution in [3.63, 3.8) is 0 Å². The molecule has 29 heavy (non-hydrogen) atoms. The molecule has 152 valence electrons. The van der Waals surface area contributed by atoms with Crippen LogP contribution in [0.1, 0.15) is 16.7 Å². The molecule has 0 aliphatic carbocycles. The molecule has 1 aliphatic heterocycles. The van der Waals surface area contributed by atoms with E-state index in [1.54, 1.807) is 28.3 Å². The van der Waals surface area contributed by atoms with E-state index in [2.05, 4.69) is 0 Å². The van der Waals surface area contributed by atoms with Crippen molar-refractivity contribution < 1.29 is 23.4 Å². The number of rotatable bonds is 4. The quantitative estimate of drug-likeness (QED) is 0.620. The van der Waals surface area contributed by atoms with Gasteiger partial charge in [0, 0.05) is 28.8 Å². The van der Waals surface area contributed by atoms with Crippen LogP contribution in [0.25, 0.3) is 11.0 Å². The summed E-state index contributed by atoms with van der Waals surface area (Å²) >= 11 is 0. The fraction of sp³-hybridized carbons (Fsp3) is 0.318. The van der Waals surface area contributed by atoms with Gasteiger partial charge in [-0.15, -0.1) is 0 Å². The second-order valence-corrected chi connectivity index (χ2v) is 6.91. The summed E-state index contributed by atoms with van der Waals surface area (Å²) in [4.78, 5) is 14.3. The standard InChI is InChI=1S/C22H23NO6/c1-12-13(2)22(24)29-20-15(12)6-7-17-16(20)10-23(11-28-17)14-8-18(25-3)21(27-5)19(9-14)26-4/h6-9H,10-11H2,1-5H3. The van der Waals surface area contributed by atoms with E-state index in [4.69, 9.17) is 23.4 Å². The Kier molecular flexibility index (Phi) is 4.74. The first kappa shape index (κ1) is 19.0. The molecule has 0 bridgehead atoms. The van der Waals surface area contributed by atoms with E-state index in [1.165, 1.54) is 0 Å². The topological polar surface area (TPSA) is 70.4 Å². The zero-order chi connectivity index (χ0) is 20.7. The molecular formula is C22H23NO6. The lowest BCUT2D eigenvalue weighted by Crippen LogP contribution is -2.32. The van der Waals surface area contributed by atoms with Crippen LogP contribution >= 0.6 is 0 Å². The predicted octanol–water partition coefficient (Wildman–Crippen LogP) is 3.79. The van der Waals surface area contributed by atoms with Crippen molar-refractivity contribution in [1.82, 2.24) is 0 Å². The number of aryl methyl sites for hydroxylation is 1. The number of methoxy groups -OCH3 is 3. The third-order valence-corrected chi connectivity index (χ3v) is 5.42. The average molecular weight is 397 g/mol. The molecule has 1 aromatic heterocycles. The van der Waals surface area contributed by atoms with Gasteiger partial charge < -0.3 is 28.3 Å². The summed E-state index contributed by atoms with van der Waals surface area (Å²) in [7, 11) is 4.73. The van der Waals surface area contributed by atoms with Gasteiger partial charge in [0.2, 0.25) is 5.75 Å². The van der Waals surface area contributed by atoms with Crippen LogP contribution in [-0.2, 0) is 6.54 Å². The first-order valence-electron chi connectivity index (χ1n) is 9.22. The molecule has 0 N–H and O–H groups in total. The Labute approximate surface area is 168 Å². The maximum atomic E-state index is 12.3. The van der Waals surface area contributed by atoms with Gasteiger partial charge in [-0.1, -0.05) is 0 Å². The van der Waals surface area contributed by atoms with Gasteiger partial charge in [0.1, 0.15) is 11.3 Å². The molecule has 0 atom stereocenters. The van der Waals surface area contributed by atoms with Gasteiger partial charge in [-0.3, -0.25) is 0 Å². The van der Waals surface area contributed by atoms with Gasteiger partial charge in [-0.2, -0.15) is 0 Å². The van der Waals surface area contributed by atoms with E-state index in [0.29, 0.717) is 47.4 Å². The SMILES string of the molecule is COc1cc(N2COc3ccc4c(C)c(C)c(=O)oc4c3C2)cc(OC)c1OC. The fourth-order valence-electron chi connectivity index (χ4n) is 3.63. The minimum Gasteiger partial charge on any atom is -0.493 e. The number of nitrogens with zero attached hydrogens (tertiary/aromatic N) is 1. The third-order valence-electron chi connectivity index (χ3n) is 5.42. The van der Waals surface area contributed by atoms with Crippen LogP contribution in [0, 0.1) is 13.8 Å². The molecule has 0 radical (unpaired) electrons. The van der Waals surface area contributed by atoms with Gasteiger partial charge in [0.05, 0.1) is 33.4 Å². The zero-order valence-corrected chi connectivity index (χ0v) is 17.1. The highest BCUT2D eigenvalue weighted by atomic mass is 16.5. The Morgan fingerprint density at radius 1 is 0.966 bits per heavy atom. The fourth-order valence-corrected chi connectivity index (χ4v) is 3.63. The van der Waals surface area contributed by atoms with Crippen molar-refractivity contribution in [2.24, 2.45) is 0 Å². The van der Waals surface area contributed by atoms with Crippen LogP contribution in [0.3, 0.4) is 0 Å². The van der Waals surface area contributed by atoms with Crippen LogP contribution in [0.15, 0.2) is 33.5 Å². The Balaban J connectivity index is 1.82. The summed E-state index contributed by atoms with van der Waals surface area (Å²) in [5.74, 6) is 2.36. The van der Waals surface area contributed by atoms with E-state index in [1.807, 2.05) is 36.1 Å². The average Bonchev–Trinajstić information content (AvgIpc) is 2.75. The molecule has 0 spiro atoms. The molecule has 0 unspecified atom stereocenters. The van der Waals surface area contributed by atoms with Gasteiger partial charge in [-0.05, 0) is 31.5 Å². The zero-order valence-electron chi connectivity index (χ0n) is 17.1. The number of fused-ring (bicyclic) bond motifs is 3. The summed E-state index contributed by atoms with van der Waals surface area (Å²) in [5.41, 5.74) is 3.46. The maximum Gasteiger partial charge on any atom is 0.339 e. The van der Waals surface area contributed by atoms with Crippen LogP contribution in [-0.4, -0.2) is 28.1 Å². The van der Waals surface area contributed by atoms with Crippen molar-refractivity contribution in [1.29, 1.82) is 0 Å². The van der Waals surface area contributed by atoms with Gasteiger partial charge >= 0.3 is 5.63 Å². The molecule has 4 rings (SSSR count). The van der Waals surface area contributed by atoms with Gasteiger partial charge in [0.25, 0.3) is 0 Å². The summed E-state index contributed by atoms with van der Waals surface area (Å²) in [6.45, 7) is 4.56. The molecule has 0 saturated carbocycles. The Hall–Kier alpha value is -3.35. The van der Waals surface area contributed by atoms with Crippen molar-refractivity contribution in [2.75, 3.05) is 33.0 Å². The molecule has 2 heterocycles. The van der Waals surface area contributed by atoms with Crippen LogP contribution in [0.4, 0.5) is 5.69 Å². The van der Waals surface area contributed by atoms with Gasteiger partial charge in [-0.25, -0.2) is 4.79 Å². The minimum atomic E-state index is -0.326. The van der Waals surface area contributed by atoms with Crippen molar-refractivity contribution >= 4 is 16.7 Å². The smallest absolute Gasteiger partial charge is 0.339 e. The lowest BCUT2D eigenvalue weighted by atomic mass is 10.0. The predicted molar refractivity (Wildman–Crippen MR) is 110 cm³/mol. The van der Waals surface area contributed by atoms with E-state index in [-0.39, 0.29) is 5.63 Å². The van der Waals surface area contributed by atoms with Gasteiger partial charge in [0.15, 0.2) is 18.2 Å². The Morgan fingerprint density at radius 3 is 2.28 bits per heavy atom. The minimum absolute atomic E-state index is 0.326. The van der Waals surface area contributed by atoms with Crippen LogP contribution < -0.4 is 29.5 Å². The molecular weight excluding hydrogens is 374 g/mol. The van der Waals surface area contributed by atoms with Crippen molar-refractivity contribution in [3.8, 4) is 23.0 Å². The Morgan fingerprint density at radius 2 is 1.66 bits per heavy atom. The molecule has 7 nitrogen and oxygen atoms in total. The molecule has 3 aromatic rings. The van der Waals surface area contributed by atoms with E-state index >= 15 is 0 Å². The second kappa shape index (κ2) is 7.24. The highest BCUT2D eigenvalue weighted by molar-refractivity contribution is 5.86. The number of hydrogen-bond acceptors (Lipinski definition) is 7. The lowest BCUT2D eigenvalue weighted by Gasteiger charge is -2.31. The highest BCUT2D eigenvalue weighted by Crippen LogP contribution is 2.43. The summed E-state index contributed by atoms with van der Waals surface area (Å²) in [6, 6.07) is 7.60. The molecule has 0 saturated heterocycles. The largest absolute Gasteiger partial charge is 0.493 e. The summed E-state index contributed by atoms with van der Waals surface area (Å²) in [5, 5.41) is 0.913. The number of anilines is 1. The normalized spacial score (nSPS) is 13.1. The summed E-state index contributed by atoms with van der Waals surface area (Å²) in [6.07, 6.45) is 0. The molecule has 0 amide bonds. The molecule has 1 aliphatic rings. The third kappa shape index (κ3) is 3.03.